The van der Waals surface area contributed by atoms with Gasteiger partial charge in [-0.05, 0) is 77.1 Å². The fourth-order valence-electron chi connectivity index (χ4n) is 3.42. The van der Waals surface area contributed by atoms with Crippen LogP contribution in [0.1, 0.15) is 48.4 Å². The highest BCUT2D eigenvalue weighted by Crippen LogP contribution is 2.36. The van der Waals surface area contributed by atoms with Crippen LogP contribution in [-0.2, 0) is 4.79 Å². The van der Waals surface area contributed by atoms with E-state index in [1.165, 1.54) is 0 Å². The molecule has 4 heteroatoms. The van der Waals surface area contributed by atoms with Gasteiger partial charge in [0, 0.05) is 11.5 Å². The lowest BCUT2D eigenvalue weighted by atomic mass is 9.86. The van der Waals surface area contributed by atoms with Gasteiger partial charge in [-0.25, -0.2) is 4.79 Å². The Morgan fingerprint density at radius 3 is 1.71 bits per heavy atom. The van der Waals surface area contributed by atoms with E-state index in [1.54, 1.807) is 24.3 Å². The molecule has 0 heterocycles. The Labute approximate surface area is 182 Å². The SMILES string of the molecule is CCCCC(=C(c1ccc(O)cc1)c1ccc(O)cc1)c1ccc(C#CC(=O)O)cc1. The molecule has 3 aromatic rings. The van der Waals surface area contributed by atoms with Crippen LogP contribution in [0.3, 0.4) is 0 Å². The Morgan fingerprint density at radius 1 is 0.774 bits per heavy atom. The number of benzene rings is 3. The first-order valence-corrected chi connectivity index (χ1v) is 10.1. The maximum Gasteiger partial charge on any atom is 0.382 e. The average molecular weight is 412 g/mol. The number of phenols is 2. The number of hydrogen-bond donors (Lipinski definition) is 3. The number of aliphatic carboxylic acids is 1. The van der Waals surface area contributed by atoms with E-state index in [9.17, 15) is 15.0 Å². The topological polar surface area (TPSA) is 77.8 Å². The zero-order valence-electron chi connectivity index (χ0n) is 17.3. The van der Waals surface area contributed by atoms with E-state index in [1.807, 2.05) is 48.5 Å². The molecule has 0 aliphatic rings. The number of hydrogen-bond acceptors (Lipinski definition) is 3. The van der Waals surface area contributed by atoms with E-state index in [4.69, 9.17) is 5.11 Å². The molecule has 0 radical (unpaired) electrons. The van der Waals surface area contributed by atoms with Crippen molar-refractivity contribution in [2.24, 2.45) is 0 Å². The van der Waals surface area contributed by atoms with Gasteiger partial charge in [0.15, 0.2) is 0 Å². The molecule has 4 nitrogen and oxygen atoms in total. The number of phenolic OH excluding ortho intramolecular Hbond substituents is 2. The molecular weight excluding hydrogens is 388 g/mol. The van der Waals surface area contributed by atoms with Crippen LogP contribution in [0.5, 0.6) is 11.5 Å². The molecule has 0 fully saturated rings. The summed E-state index contributed by atoms with van der Waals surface area (Å²) in [4.78, 5) is 10.7. The largest absolute Gasteiger partial charge is 0.508 e. The van der Waals surface area contributed by atoms with Gasteiger partial charge in [0.1, 0.15) is 11.5 Å². The molecule has 3 rings (SSSR count). The monoisotopic (exact) mass is 412 g/mol. The fraction of sp³-hybridized carbons (Fsp3) is 0.148. The minimum Gasteiger partial charge on any atom is -0.508 e. The van der Waals surface area contributed by atoms with Crippen molar-refractivity contribution in [2.45, 2.75) is 26.2 Å². The summed E-state index contributed by atoms with van der Waals surface area (Å²) in [5.74, 6) is 4.02. The normalized spacial score (nSPS) is 10.1. The van der Waals surface area contributed by atoms with Gasteiger partial charge >= 0.3 is 5.97 Å². The number of allylic oxidation sites excluding steroid dienone is 1. The summed E-state index contributed by atoms with van der Waals surface area (Å²) >= 11 is 0. The van der Waals surface area contributed by atoms with Gasteiger partial charge in [0.05, 0.1) is 0 Å². The number of aromatic hydroxyl groups is 2. The van der Waals surface area contributed by atoms with Crippen molar-refractivity contribution in [3.05, 3.63) is 95.1 Å². The maximum atomic E-state index is 10.7. The van der Waals surface area contributed by atoms with Gasteiger partial charge in [-0.1, -0.05) is 55.7 Å². The number of unbranched alkanes of at least 4 members (excludes halogenated alkanes) is 1. The third-order valence-corrected chi connectivity index (χ3v) is 4.94. The van der Waals surface area contributed by atoms with E-state index in [0.29, 0.717) is 5.56 Å². The van der Waals surface area contributed by atoms with Gasteiger partial charge in [-0.15, -0.1) is 0 Å². The van der Waals surface area contributed by atoms with Crippen molar-refractivity contribution in [3.63, 3.8) is 0 Å². The predicted molar refractivity (Wildman–Crippen MR) is 123 cm³/mol. The molecule has 0 spiro atoms. The van der Waals surface area contributed by atoms with Crippen molar-refractivity contribution < 1.29 is 20.1 Å². The molecule has 3 N–H and O–H groups in total. The minimum absolute atomic E-state index is 0.199. The molecule has 0 aliphatic heterocycles. The summed E-state index contributed by atoms with van der Waals surface area (Å²) in [6, 6.07) is 21.8. The number of carboxylic acids is 1. The fourth-order valence-corrected chi connectivity index (χ4v) is 3.42. The van der Waals surface area contributed by atoms with Crippen LogP contribution in [0.2, 0.25) is 0 Å². The smallest absolute Gasteiger partial charge is 0.382 e. The van der Waals surface area contributed by atoms with Gasteiger partial charge in [0.25, 0.3) is 0 Å². The quantitative estimate of drug-likeness (QED) is 0.359. The Bertz CT molecular complexity index is 1080. The summed E-state index contributed by atoms with van der Waals surface area (Å²) < 4.78 is 0. The van der Waals surface area contributed by atoms with Gasteiger partial charge in [-0.3, -0.25) is 0 Å². The molecule has 0 amide bonds. The highest BCUT2D eigenvalue weighted by Gasteiger charge is 2.14. The molecule has 0 unspecified atom stereocenters. The lowest BCUT2D eigenvalue weighted by Crippen LogP contribution is -1.96. The molecular formula is C27H24O4. The van der Waals surface area contributed by atoms with E-state index < -0.39 is 5.97 Å². The Hall–Kier alpha value is -3.97. The third kappa shape index (κ3) is 5.77. The first-order valence-electron chi connectivity index (χ1n) is 10.1. The number of rotatable bonds is 6. The van der Waals surface area contributed by atoms with E-state index in [2.05, 4.69) is 18.8 Å². The van der Waals surface area contributed by atoms with Crippen molar-refractivity contribution in [1.29, 1.82) is 0 Å². The molecule has 3 aromatic carbocycles. The summed E-state index contributed by atoms with van der Waals surface area (Å²) in [5.41, 5.74) is 5.74. The standard InChI is InChI=1S/C27H24O4/c1-2-3-4-25(20-8-5-19(6-9-20)7-18-26(30)31)27(21-10-14-23(28)15-11-21)22-12-16-24(29)17-13-22/h5-6,8-17,28-29H,2-4H2,1H3,(H,30,31). The zero-order chi connectivity index (χ0) is 22.2. The van der Waals surface area contributed by atoms with Gasteiger partial charge in [-0.2, -0.15) is 0 Å². The Kier molecular flexibility index (Phi) is 7.13. The first-order chi connectivity index (χ1) is 15.0. The van der Waals surface area contributed by atoms with Gasteiger partial charge in [0.2, 0.25) is 0 Å². The lowest BCUT2D eigenvalue weighted by molar-refractivity contribution is -0.130. The summed E-state index contributed by atoms with van der Waals surface area (Å²) in [6.45, 7) is 2.14. The second kappa shape index (κ2) is 10.2. The van der Waals surface area contributed by atoms with Gasteiger partial charge < -0.3 is 15.3 Å². The Morgan fingerprint density at radius 2 is 1.26 bits per heavy atom. The van der Waals surface area contributed by atoms with E-state index in [0.717, 1.165) is 47.1 Å². The molecule has 0 saturated carbocycles. The summed E-state index contributed by atoms with van der Waals surface area (Å²) in [7, 11) is 0. The summed E-state index contributed by atoms with van der Waals surface area (Å²) in [6.07, 6.45) is 2.87. The average Bonchev–Trinajstić information content (AvgIpc) is 2.77. The van der Waals surface area contributed by atoms with E-state index in [-0.39, 0.29) is 11.5 Å². The second-order valence-electron chi connectivity index (χ2n) is 7.18. The molecule has 31 heavy (non-hydrogen) atoms. The maximum absolute atomic E-state index is 10.7. The summed E-state index contributed by atoms with van der Waals surface area (Å²) in [5, 5.41) is 28.3. The molecule has 0 saturated heterocycles. The van der Waals surface area contributed by atoms with Crippen LogP contribution in [-0.4, -0.2) is 21.3 Å². The molecule has 0 bridgehead atoms. The Balaban J connectivity index is 2.19. The van der Waals surface area contributed by atoms with Crippen LogP contribution in [0.25, 0.3) is 11.1 Å². The van der Waals surface area contributed by atoms with Crippen molar-refractivity contribution in [1.82, 2.24) is 0 Å². The van der Waals surface area contributed by atoms with Crippen molar-refractivity contribution in [2.75, 3.05) is 0 Å². The molecule has 0 aromatic heterocycles. The highest BCUT2D eigenvalue weighted by molar-refractivity contribution is 5.98. The van der Waals surface area contributed by atoms with Crippen LogP contribution >= 0.6 is 0 Å². The van der Waals surface area contributed by atoms with Crippen LogP contribution in [0.15, 0.2) is 72.8 Å². The third-order valence-electron chi connectivity index (χ3n) is 4.94. The van der Waals surface area contributed by atoms with E-state index >= 15 is 0 Å². The lowest BCUT2D eigenvalue weighted by Gasteiger charge is -2.18. The minimum atomic E-state index is -1.16. The molecule has 0 atom stereocenters. The van der Waals surface area contributed by atoms with Crippen LogP contribution in [0, 0.1) is 11.8 Å². The predicted octanol–water partition coefficient (Wildman–Crippen LogP) is 5.68. The highest BCUT2D eigenvalue weighted by atomic mass is 16.4. The van der Waals surface area contributed by atoms with Crippen molar-refractivity contribution >= 4 is 17.1 Å². The zero-order valence-corrected chi connectivity index (χ0v) is 17.3. The molecule has 156 valence electrons. The second-order valence-corrected chi connectivity index (χ2v) is 7.18. The first kappa shape index (κ1) is 21.7. The molecule has 0 aliphatic carbocycles. The van der Waals surface area contributed by atoms with Crippen molar-refractivity contribution in [3.8, 4) is 23.3 Å². The number of carboxylic acid groups (broad SMARTS) is 1. The number of carbonyl (C=O) groups is 1. The van der Waals surface area contributed by atoms with Crippen LogP contribution < -0.4 is 0 Å². The van der Waals surface area contributed by atoms with Crippen LogP contribution in [0.4, 0.5) is 0 Å².